The Morgan fingerprint density at radius 3 is 2.58 bits per heavy atom. The molecule has 1 aromatic heterocycles. The molecule has 0 fully saturated rings. The van der Waals surface area contributed by atoms with Crippen molar-refractivity contribution in [3.05, 3.63) is 106 Å². The molecule has 2 atom stereocenters. The van der Waals surface area contributed by atoms with Crippen molar-refractivity contribution in [2.75, 3.05) is 19.5 Å². The fourth-order valence-corrected chi connectivity index (χ4v) is 4.94. The molecule has 38 heavy (non-hydrogen) atoms. The van der Waals surface area contributed by atoms with Crippen molar-refractivity contribution in [2.45, 2.75) is 18.6 Å². The van der Waals surface area contributed by atoms with Crippen molar-refractivity contribution < 1.29 is 28.9 Å². The van der Waals surface area contributed by atoms with Crippen LogP contribution in [0.3, 0.4) is 0 Å². The summed E-state index contributed by atoms with van der Waals surface area (Å²) in [4.78, 5) is 24.5. The van der Waals surface area contributed by atoms with Gasteiger partial charge in [-0.2, -0.15) is 0 Å². The van der Waals surface area contributed by atoms with Crippen LogP contribution < -0.4 is 14.8 Å². The van der Waals surface area contributed by atoms with Crippen LogP contribution in [0.1, 0.15) is 45.8 Å². The lowest BCUT2D eigenvalue weighted by molar-refractivity contribution is -0.120. The summed E-state index contributed by atoms with van der Waals surface area (Å²) in [5, 5.41) is 12.6. The van der Waals surface area contributed by atoms with Gasteiger partial charge < -0.3 is 29.2 Å². The summed E-state index contributed by atoms with van der Waals surface area (Å²) in [6, 6.07) is 21.0. The molecule has 0 radical (unpaired) electrons. The van der Waals surface area contributed by atoms with Gasteiger partial charge in [0.2, 0.25) is 5.91 Å². The molecule has 2 heterocycles. The first kappa shape index (κ1) is 25.4. The van der Waals surface area contributed by atoms with Crippen LogP contribution in [0.15, 0.2) is 79.0 Å². The molecule has 2 N–H and O–H groups in total. The second-order valence-electron chi connectivity index (χ2n) is 8.73. The van der Waals surface area contributed by atoms with Gasteiger partial charge >= 0.3 is 5.97 Å². The minimum atomic E-state index is -1.07. The van der Waals surface area contributed by atoms with Gasteiger partial charge in [0.1, 0.15) is 12.2 Å². The number of ether oxygens (including phenoxy) is 3. The van der Waals surface area contributed by atoms with Crippen LogP contribution in [-0.2, 0) is 9.53 Å². The highest BCUT2D eigenvalue weighted by Gasteiger charge is 2.34. The number of methoxy groups -OCH3 is 2. The molecule has 9 heteroatoms. The summed E-state index contributed by atoms with van der Waals surface area (Å²) in [5.74, 6) is -0.331. The number of nitrogens with zero attached hydrogens (tertiary/aromatic N) is 1. The van der Waals surface area contributed by atoms with Gasteiger partial charge in [0.15, 0.2) is 11.5 Å². The zero-order valence-corrected chi connectivity index (χ0v) is 21.4. The van der Waals surface area contributed by atoms with Crippen LogP contribution in [0.4, 0.5) is 5.69 Å². The van der Waals surface area contributed by atoms with Crippen molar-refractivity contribution in [1.29, 1.82) is 0 Å². The average molecular weight is 533 g/mol. The topological polar surface area (TPSA) is 99.0 Å². The van der Waals surface area contributed by atoms with Gasteiger partial charge in [-0.25, -0.2) is 4.79 Å². The maximum absolute atomic E-state index is 13.2. The highest BCUT2D eigenvalue weighted by atomic mass is 35.5. The highest BCUT2D eigenvalue weighted by Crippen LogP contribution is 2.46. The molecule has 0 saturated heterocycles. The number of nitrogens with one attached hydrogen (secondary N) is 1. The van der Waals surface area contributed by atoms with E-state index < -0.39 is 18.2 Å². The fourth-order valence-electron chi connectivity index (χ4n) is 4.76. The summed E-state index contributed by atoms with van der Waals surface area (Å²) in [7, 11) is 3.13. The van der Waals surface area contributed by atoms with Gasteiger partial charge in [-0.05, 0) is 54.6 Å². The monoisotopic (exact) mass is 532 g/mol. The van der Waals surface area contributed by atoms with Crippen LogP contribution in [0.2, 0.25) is 5.02 Å². The molecule has 8 nitrogen and oxygen atoms in total. The van der Waals surface area contributed by atoms with E-state index in [0.717, 1.165) is 22.5 Å². The lowest BCUT2D eigenvalue weighted by atomic mass is 9.98. The van der Waals surface area contributed by atoms with E-state index in [1.807, 2.05) is 53.2 Å². The molecular formula is C29H25ClN2O6. The van der Waals surface area contributed by atoms with Crippen molar-refractivity contribution in [2.24, 2.45) is 0 Å². The number of anilines is 1. The number of para-hydroxylation sites is 1. The molecule has 0 aliphatic carbocycles. The normalized spacial score (nSPS) is 16.1. The smallest absolute Gasteiger partial charge is 0.335 e. The fraction of sp³-hybridized carbons (Fsp3) is 0.172. The molecule has 5 rings (SSSR count). The number of fused-ring (bicyclic) bond motifs is 3. The standard InChI is InChI=1S/C29H25ClN2O6/c1-36-24-10-4-8-20(28(24)37-2)27-21-15-18(30)11-12-22(21)32-13-5-9-23(32)25(38-27)16-26(33)31-19-7-3-6-17(14-19)29(34)35/h3-15,25,27H,16H2,1-2H3,(H,31,33)(H,34,35)/t25-,27-/m0/s1. The predicted octanol–water partition coefficient (Wildman–Crippen LogP) is 6.04. The van der Waals surface area contributed by atoms with Crippen LogP contribution >= 0.6 is 11.6 Å². The number of carbonyl (C=O) groups excluding carboxylic acids is 1. The Labute approximate surface area is 224 Å². The summed E-state index contributed by atoms with van der Waals surface area (Å²) < 4.78 is 19.9. The Morgan fingerprint density at radius 2 is 1.82 bits per heavy atom. The van der Waals surface area contributed by atoms with Gasteiger partial charge in [0.05, 0.1) is 37.6 Å². The molecule has 3 aromatic carbocycles. The van der Waals surface area contributed by atoms with Crippen molar-refractivity contribution in [1.82, 2.24) is 4.57 Å². The van der Waals surface area contributed by atoms with Gasteiger partial charge in [-0.3, -0.25) is 4.79 Å². The maximum Gasteiger partial charge on any atom is 0.335 e. The SMILES string of the molecule is COc1cccc([C@@H]2O[C@@H](CC(=O)Nc3cccc(C(=O)O)c3)c3cccn3-c3ccc(Cl)cc32)c1OC. The Balaban J connectivity index is 1.55. The third kappa shape index (κ3) is 4.83. The molecule has 0 spiro atoms. The quantitative estimate of drug-likeness (QED) is 0.301. The number of aromatic nitrogens is 1. The minimum absolute atomic E-state index is 0.0220. The number of halogens is 1. The second-order valence-corrected chi connectivity index (χ2v) is 9.17. The van der Waals surface area contributed by atoms with Gasteiger partial charge in [-0.15, -0.1) is 0 Å². The number of benzene rings is 3. The number of hydrogen-bond donors (Lipinski definition) is 2. The summed E-state index contributed by atoms with van der Waals surface area (Å²) in [6.07, 6.45) is 0.602. The van der Waals surface area contributed by atoms with Crippen LogP contribution in [-0.4, -0.2) is 35.8 Å². The number of carbonyl (C=O) groups is 2. The summed E-state index contributed by atoms with van der Waals surface area (Å²) in [5.41, 5.74) is 3.65. The van der Waals surface area contributed by atoms with Gasteiger partial charge in [-0.1, -0.05) is 29.8 Å². The molecule has 194 valence electrons. The molecule has 1 aliphatic rings. The Morgan fingerprint density at radius 1 is 1.00 bits per heavy atom. The average Bonchev–Trinajstić information content (AvgIpc) is 3.36. The summed E-state index contributed by atoms with van der Waals surface area (Å²) >= 11 is 6.44. The Kier molecular flexibility index (Phi) is 7.09. The first-order chi connectivity index (χ1) is 18.4. The van der Waals surface area contributed by atoms with Crippen LogP contribution in [0.5, 0.6) is 11.5 Å². The van der Waals surface area contributed by atoms with Crippen molar-refractivity contribution in [3.63, 3.8) is 0 Å². The molecule has 0 bridgehead atoms. The number of carboxylic acid groups (broad SMARTS) is 1. The third-order valence-electron chi connectivity index (χ3n) is 6.42. The van der Waals surface area contributed by atoms with E-state index in [9.17, 15) is 14.7 Å². The van der Waals surface area contributed by atoms with E-state index in [1.54, 1.807) is 32.4 Å². The van der Waals surface area contributed by atoms with E-state index in [0.29, 0.717) is 22.2 Å². The Hall–Kier alpha value is -4.27. The van der Waals surface area contributed by atoms with Crippen LogP contribution in [0, 0.1) is 0 Å². The number of rotatable bonds is 7. The Bertz CT molecular complexity index is 1510. The van der Waals surface area contributed by atoms with Crippen molar-refractivity contribution >= 4 is 29.2 Å². The lowest BCUT2D eigenvalue weighted by Gasteiger charge is -2.25. The van der Waals surface area contributed by atoms with E-state index in [1.165, 1.54) is 12.1 Å². The van der Waals surface area contributed by atoms with Crippen molar-refractivity contribution in [3.8, 4) is 17.2 Å². The van der Waals surface area contributed by atoms with E-state index >= 15 is 0 Å². The lowest BCUT2D eigenvalue weighted by Crippen LogP contribution is -2.19. The minimum Gasteiger partial charge on any atom is -0.493 e. The predicted molar refractivity (Wildman–Crippen MR) is 143 cm³/mol. The molecule has 0 saturated carbocycles. The molecule has 4 aromatic rings. The van der Waals surface area contributed by atoms with Gasteiger partial charge in [0, 0.05) is 28.0 Å². The largest absolute Gasteiger partial charge is 0.493 e. The number of hydrogen-bond acceptors (Lipinski definition) is 5. The molecule has 1 amide bonds. The molecular weight excluding hydrogens is 508 g/mol. The van der Waals surface area contributed by atoms with E-state index in [4.69, 9.17) is 25.8 Å². The zero-order chi connectivity index (χ0) is 26.8. The number of carboxylic acids is 1. The first-order valence-electron chi connectivity index (χ1n) is 11.9. The first-order valence-corrected chi connectivity index (χ1v) is 12.2. The molecule has 0 unspecified atom stereocenters. The maximum atomic E-state index is 13.2. The third-order valence-corrected chi connectivity index (χ3v) is 6.66. The highest BCUT2D eigenvalue weighted by molar-refractivity contribution is 6.30. The van der Waals surface area contributed by atoms with E-state index in [-0.39, 0.29) is 17.9 Å². The second kappa shape index (κ2) is 10.6. The van der Waals surface area contributed by atoms with Gasteiger partial charge in [0.25, 0.3) is 0 Å². The number of aromatic carboxylic acids is 1. The molecule has 1 aliphatic heterocycles. The summed E-state index contributed by atoms with van der Waals surface area (Å²) in [6.45, 7) is 0. The number of amides is 1. The zero-order valence-electron chi connectivity index (χ0n) is 20.7. The van der Waals surface area contributed by atoms with Crippen LogP contribution in [0.25, 0.3) is 5.69 Å². The van der Waals surface area contributed by atoms with E-state index in [2.05, 4.69) is 5.32 Å².